The van der Waals surface area contributed by atoms with Crippen molar-refractivity contribution in [1.29, 1.82) is 0 Å². The first-order valence-corrected chi connectivity index (χ1v) is 9.97. The van der Waals surface area contributed by atoms with E-state index in [1.54, 1.807) is 16.8 Å². The van der Waals surface area contributed by atoms with Gasteiger partial charge in [0.2, 0.25) is 5.91 Å². The van der Waals surface area contributed by atoms with E-state index in [9.17, 15) is 9.59 Å². The fourth-order valence-electron chi connectivity index (χ4n) is 3.13. The largest absolute Gasteiger partial charge is 0.310 e. The lowest BCUT2D eigenvalue weighted by Crippen LogP contribution is -2.19. The van der Waals surface area contributed by atoms with E-state index in [2.05, 4.69) is 24.3 Å². The summed E-state index contributed by atoms with van der Waals surface area (Å²) in [5, 5.41) is 6.48. The molecule has 0 radical (unpaired) electrons. The number of anilines is 1. The van der Waals surface area contributed by atoms with Crippen molar-refractivity contribution in [3.63, 3.8) is 0 Å². The van der Waals surface area contributed by atoms with Gasteiger partial charge in [0.05, 0.1) is 22.6 Å². The molecule has 5 nitrogen and oxygen atoms in total. The lowest BCUT2D eigenvalue weighted by Gasteiger charge is -2.19. The molecule has 0 spiro atoms. The van der Waals surface area contributed by atoms with Crippen LogP contribution in [0.15, 0.2) is 23.0 Å². The summed E-state index contributed by atoms with van der Waals surface area (Å²) in [7, 11) is 0. The number of aromatic amines is 1. The highest BCUT2D eigenvalue weighted by Crippen LogP contribution is 2.43. The molecule has 3 rings (SSSR count). The maximum absolute atomic E-state index is 12.7. The molecule has 1 aliphatic heterocycles. The minimum Gasteiger partial charge on any atom is -0.310 e. The van der Waals surface area contributed by atoms with Crippen LogP contribution in [-0.2, 0) is 4.79 Å². The predicted molar refractivity (Wildman–Crippen MR) is 104 cm³/mol. The number of H-pyrrole nitrogens is 1. The number of fused-ring (bicyclic) bond motifs is 1. The van der Waals surface area contributed by atoms with Gasteiger partial charge in [-0.1, -0.05) is 43.1 Å². The zero-order chi connectivity index (χ0) is 18.1. The summed E-state index contributed by atoms with van der Waals surface area (Å²) < 4.78 is 1.79. The molecule has 0 bridgehead atoms. The summed E-state index contributed by atoms with van der Waals surface area (Å²) in [4.78, 5) is 24.9. The van der Waals surface area contributed by atoms with Crippen molar-refractivity contribution in [2.45, 2.75) is 38.0 Å². The van der Waals surface area contributed by atoms with Crippen LogP contribution in [0, 0.1) is 0 Å². The lowest BCUT2D eigenvalue weighted by atomic mass is 10.1. The number of benzene rings is 1. The molecule has 0 unspecified atom stereocenters. The molecule has 25 heavy (non-hydrogen) atoms. The molecule has 2 aromatic rings. The van der Waals surface area contributed by atoms with Gasteiger partial charge in [-0.2, -0.15) is 0 Å². The van der Waals surface area contributed by atoms with Crippen molar-refractivity contribution in [3.05, 3.63) is 49.7 Å². The Kier molecular flexibility index (Phi) is 5.51. The summed E-state index contributed by atoms with van der Waals surface area (Å²) in [6, 6.07) is 5.33. The second kappa shape index (κ2) is 7.48. The number of hydrogen-bond acceptors (Lipinski definition) is 3. The van der Waals surface area contributed by atoms with E-state index in [0.717, 1.165) is 18.4 Å². The van der Waals surface area contributed by atoms with Gasteiger partial charge in [0.15, 0.2) is 0 Å². The number of rotatable bonds is 4. The van der Waals surface area contributed by atoms with E-state index < -0.39 is 0 Å². The number of hydrogen-bond donors (Lipinski definition) is 2. The SMILES string of the molecule is CCC(CC)n1[nH]c(=O)c2c1NC(=O)CS[C@H]2c1ccc(Cl)cc1Cl. The first-order valence-electron chi connectivity index (χ1n) is 8.17. The number of amides is 1. The van der Waals surface area contributed by atoms with Gasteiger partial charge < -0.3 is 5.32 Å². The smallest absolute Gasteiger partial charge is 0.270 e. The Labute approximate surface area is 160 Å². The average molecular weight is 400 g/mol. The van der Waals surface area contributed by atoms with Crippen molar-refractivity contribution < 1.29 is 4.79 Å². The van der Waals surface area contributed by atoms with Gasteiger partial charge in [-0.15, -0.1) is 11.8 Å². The van der Waals surface area contributed by atoms with Crippen LogP contribution in [0.3, 0.4) is 0 Å². The van der Waals surface area contributed by atoms with Crippen LogP contribution in [0.1, 0.15) is 49.1 Å². The molecule has 1 atom stereocenters. The minimum atomic E-state index is -0.335. The van der Waals surface area contributed by atoms with Gasteiger partial charge >= 0.3 is 0 Å². The minimum absolute atomic E-state index is 0.112. The number of halogens is 2. The van der Waals surface area contributed by atoms with Crippen LogP contribution < -0.4 is 10.9 Å². The average Bonchev–Trinajstić information content (AvgIpc) is 2.76. The standard InChI is InChI=1S/C17H19Cl2N3O2S/c1-3-10(4-2)22-16-14(17(24)21-22)15(25-8-13(23)20-16)11-6-5-9(18)7-12(11)19/h5-7,10,15H,3-4,8H2,1-2H3,(H,20,23)(H,21,24)/t15-/m0/s1. The number of nitrogens with zero attached hydrogens (tertiary/aromatic N) is 1. The molecule has 0 saturated heterocycles. The Morgan fingerprint density at radius 2 is 2.00 bits per heavy atom. The molecule has 0 aliphatic carbocycles. The third kappa shape index (κ3) is 3.48. The Morgan fingerprint density at radius 3 is 2.64 bits per heavy atom. The fourth-order valence-corrected chi connectivity index (χ4v) is 4.87. The first-order chi connectivity index (χ1) is 12.0. The van der Waals surface area contributed by atoms with Crippen molar-refractivity contribution in [1.82, 2.24) is 9.78 Å². The molecule has 0 fully saturated rings. The van der Waals surface area contributed by atoms with E-state index in [1.807, 2.05) is 6.07 Å². The molecular formula is C17H19Cl2N3O2S. The van der Waals surface area contributed by atoms with Crippen molar-refractivity contribution >= 4 is 46.7 Å². The van der Waals surface area contributed by atoms with E-state index >= 15 is 0 Å². The number of carbonyl (C=O) groups is 1. The molecular weight excluding hydrogens is 381 g/mol. The third-order valence-corrected chi connectivity index (χ3v) is 6.23. The second-order valence-electron chi connectivity index (χ2n) is 5.95. The molecule has 8 heteroatoms. The van der Waals surface area contributed by atoms with Crippen molar-refractivity contribution in [3.8, 4) is 0 Å². The highest BCUT2D eigenvalue weighted by molar-refractivity contribution is 8.00. The van der Waals surface area contributed by atoms with Crippen molar-refractivity contribution in [2.24, 2.45) is 0 Å². The van der Waals surface area contributed by atoms with Crippen LogP contribution >= 0.6 is 35.0 Å². The normalized spacial score (nSPS) is 17.3. The highest BCUT2D eigenvalue weighted by Gasteiger charge is 2.32. The predicted octanol–water partition coefficient (Wildman–Crippen LogP) is 4.62. The van der Waals surface area contributed by atoms with Crippen LogP contribution in [0.5, 0.6) is 0 Å². The van der Waals surface area contributed by atoms with Gasteiger partial charge in [0.1, 0.15) is 5.82 Å². The fraction of sp³-hybridized carbons (Fsp3) is 0.412. The van der Waals surface area contributed by atoms with Gasteiger partial charge in [-0.05, 0) is 30.5 Å². The molecule has 134 valence electrons. The molecule has 0 saturated carbocycles. The van der Waals surface area contributed by atoms with E-state index in [-0.39, 0.29) is 28.5 Å². The number of aromatic nitrogens is 2. The Balaban J connectivity index is 2.19. The third-order valence-electron chi connectivity index (χ3n) is 4.42. The van der Waals surface area contributed by atoms with Gasteiger partial charge in [0.25, 0.3) is 5.56 Å². The highest BCUT2D eigenvalue weighted by atomic mass is 35.5. The molecule has 2 N–H and O–H groups in total. The number of nitrogens with one attached hydrogen (secondary N) is 2. The van der Waals surface area contributed by atoms with Crippen LogP contribution in [0.25, 0.3) is 0 Å². The van der Waals surface area contributed by atoms with Gasteiger partial charge in [0, 0.05) is 10.0 Å². The molecule has 1 aromatic heterocycles. The second-order valence-corrected chi connectivity index (χ2v) is 7.89. The zero-order valence-corrected chi connectivity index (χ0v) is 16.3. The zero-order valence-electron chi connectivity index (χ0n) is 13.9. The van der Waals surface area contributed by atoms with Gasteiger partial charge in [-0.25, -0.2) is 0 Å². The summed E-state index contributed by atoms with van der Waals surface area (Å²) in [6.45, 7) is 4.11. The topological polar surface area (TPSA) is 66.9 Å². The van der Waals surface area contributed by atoms with E-state index in [0.29, 0.717) is 21.4 Å². The summed E-state index contributed by atoms with van der Waals surface area (Å²) in [6.07, 6.45) is 1.70. The van der Waals surface area contributed by atoms with E-state index in [1.165, 1.54) is 11.8 Å². The quantitative estimate of drug-likeness (QED) is 0.787. The Hall–Kier alpha value is -1.37. The summed E-state index contributed by atoms with van der Waals surface area (Å²) >= 11 is 13.8. The van der Waals surface area contributed by atoms with Crippen molar-refractivity contribution in [2.75, 3.05) is 11.1 Å². The molecule has 1 aromatic carbocycles. The summed E-state index contributed by atoms with van der Waals surface area (Å²) in [5.41, 5.74) is 1.11. The summed E-state index contributed by atoms with van der Waals surface area (Å²) in [5.74, 6) is 0.669. The van der Waals surface area contributed by atoms with Crippen LogP contribution in [0.4, 0.5) is 5.82 Å². The monoisotopic (exact) mass is 399 g/mol. The molecule has 1 amide bonds. The maximum atomic E-state index is 12.7. The van der Waals surface area contributed by atoms with Crippen LogP contribution in [0.2, 0.25) is 10.0 Å². The number of carbonyl (C=O) groups excluding carboxylic acids is 1. The number of thioether (sulfide) groups is 1. The van der Waals surface area contributed by atoms with E-state index in [4.69, 9.17) is 23.2 Å². The van der Waals surface area contributed by atoms with Gasteiger partial charge in [-0.3, -0.25) is 19.4 Å². The van der Waals surface area contributed by atoms with Crippen LogP contribution in [-0.4, -0.2) is 21.4 Å². The first kappa shape index (κ1) is 18.4. The Morgan fingerprint density at radius 1 is 1.28 bits per heavy atom. The maximum Gasteiger partial charge on any atom is 0.270 e. The molecule has 2 heterocycles. The lowest BCUT2D eigenvalue weighted by molar-refractivity contribution is -0.113. The molecule has 1 aliphatic rings. The Bertz CT molecular complexity index is 858.